The zero-order valence-electron chi connectivity index (χ0n) is 17.3. The molecule has 0 aromatic heterocycles. The number of hydrogen-bond donors (Lipinski definition) is 0. The lowest BCUT2D eigenvalue weighted by Gasteiger charge is -2.18. The summed E-state index contributed by atoms with van der Waals surface area (Å²) in [5, 5.41) is 4.73. The predicted molar refractivity (Wildman–Crippen MR) is 121 cm³/mol. The summed E-state index contributed by atoms with van der Waals surface area (Å²) in [4.78, 5) is 0. The molecule has 2 saturated heterocycles. The minimum Gasteiger partial charge on any atom is -0.490 e. The normalized spacial score (nSPS) is 19.5. The molecule has 0 radical (unpaired) electrons. The van der Waals surface area contributed by atoms with Crippen molar-refractivity contribution in [2.45, 2.75) is 18.6 Å². The lowest BCUT2D eigenvalue weighted by molar-refractivity contribution is 0.260. The Kier molecular flexibility index (Phi) is 4.74. The van der Waals surface area contributed by atoms with Gasteiger partial charge in [0.1, 0.15) is 36.9 Å². The molecule has 0 aliphatic carbocycles. The first-order valence-electron chi connectivity index (χ1n) is 10.9. The molecule has 4 aromatic rings. The van der Waals surface area contributed by atoms with Crippen molar-refractivity contribution in [2.24, 2.45) is 0 Å². The van der Waals surface area contributed by atoms with Gasteiger partial charge in [-0.2, -0.15) is 0 Å². The van der Waals surface area contributed by atoms with Gasteiger partial charge in [0.25, 0.3) is 0 Å². The second-order valence-electron chi connectivity index (χ2n) is 8.25. The van der Waals surface area contributed by atoms with Crippen LogP contribution >= 0.6 is 0 Å². The molecule has 31 heavy (non-hydrogen) atoms. The number of epoxide rings is 2. The Morgan fingerprint density at radius 2 is 1.29 bits per heavy atom. The van der Waals surface area contributed by atoms with E-state index in [1.165, 1.54) is 21.7 Å². The number of hydrogen-bond acceptors (Lipinski definition) is 4. The summed E-state index contributed by atoms with van der Waals surface area (Å²) < 4.78 is 23.2. The van der Waals surface area contributed by atoms with E-state index in [9.17, 15) is 0 Å². The van der Waals surface area contributed by atoms with E-state index in [1.807, 2.05) is 0 Å². The van der Waals surface area contributed by atoms with Gasteiger partial charge in [0.2, 0.25) is 0 Å². The Morgan fingerprint density at radius 3 is 2.03 bits per heavy atom. The summed E-state index contributed by atoms with van der Waals surface area (Å²) in [6.45, 7) is 2.74. The number of benzene rings is 4. The lowest BCUT2D eigenvalue weighted by atomic mass is 9.95. The highest BCUT2D eigenvalue weighted by molar-refractivity contribution is 5.91. The van der Waals surface area contributed by atoms with Crippen LogP contribution in [-0.4, -0.2) is 38.6 Å². The van der Waals surface area contributed by atoms with E-state index in [0.29, 0.717) is 13.2 Å². The van der Waals surface area contributed by atoms with Crippen molar-refractivity contribution < 1.29 is 18.9 Å². The van der Waals surface area contributed by atoms with Gasteiger partial charge in [0.05, 0.1) is 13.2 Å². The average Bonchev–Trinajstić information content (AvgIpc) is 3.73. The SMILES string of the molecule is c1ccc2c(Cc3ccc4ccccc4c3OCC3CO3)c(OCC3CO3)ccc2c1. The zero-order valence-corrected chi connectivity index (χ0v) is 17.3. The van der Waals surface area contributed by atoms with Crippen molar-refractivity contribution in [3.05, 3.63) is 83.9 Å². The van der Waals surface area contributed by atoms with Crippen LogP contribution in [0.4, 0.5) is 0 Å². The third-order valence-corrected chi connectivity index (χ3v) is 5.97. The van der Waals surface area contributed by atoms with E-state index in [1.54, 1.807) is 0 Å². The van der Waals surface area contributed by atoms with Gasteiger partial charge in [-0.05, 0) is 27.8 Å². The summed E-state index contributed by atoms with van der Waals surface area (Å²) in [6, 6.07) is 25.4. The van der Waals surface area contributed by atoms with Gasteiger partial charge in [-0.3, -0.25) is 0 Å². The number of fused-ring (bicyclic) bond motifs is 2. The molecular weight excluding hydrogens is 388 g/mol. The fraction of sp³-hybridized carbons (Fsp3) is 0.259. The average molecular weight is 412 g/mol. The topological polar surface area (TPSA) is 43.5 Å². The first kappa shape index (κ1) is 18.7. The molecule has 2 heterocycles. The van der Waals surface area contributed by atoms with Crippen LogP contribution in [0.15, 0.2) is 72.8 Å². The van der Waals surface area contributed by atoms with Crippen molar-refractivity contribution >= 4 is 21.5 Å². The molecular formula is C27H24O4. The van der Waals surface area contributed by atoms with Crippen LogP contribution < -0.4 is 9.47 Å². The van der Waals surface area contributed by atoms with Gasteiger partial charge < -0.3 is 18.9 Å². The molecule has 0 bridgehead atoms. The molecule has 4 nitrogen and oxygen atoms in total. The molecule has 4 aromatic carbocycles. The highest BCUT2D eigenvalue weighted by Crippen LogP contribution is 2.36. The number of ether oxygens (including phenoxy) is 4. The van der Waals surface area contributed by atoms with Crippen LogP contribution in [-0.2, 0) is 15.9 Å². The highest BCUT2D eigenvalue weighted by Gasteiger charge is 2.25. The van der Waals surface area contributed by atoms with E-state index in [-0.39, 0.29) is 12.2 Å². The summed E-state index contributed by atoms with van der Waals surface area (Å²) in [7, 11) is 0. The summed E-state index contributed by atoms with van der Waals surface area (Å²) in [5.41, 5.74) is 2.34. The second kappa shape index (κ2) is 7.88. The van der Waals surface area contributed by atoms with Crippen LogP contribution in [0.2, 0.25) is 0 Å². The summed E-state index contributed by atoms with van der Waals surface area (Å²) >= 11 is 0. The van der Waals surface area contributed by atoms with E-state index >= 15 is 0 Å². The van der Waals surface area contributed by atoms with Gasteiger partial charge in [-0.1, -0.05) is 66.7 Å². The van der Waals surface area contributed by atoms with Crippen molar-refractivity contribution in [1.29, 1.82) is 0 Å². The lowest BCUT2D eigenvalue weighted by Crippen LogP contribution is -2.08. The molecule has 0 saturated carbocycles. The minimum absolute atomic E-state index is 0.210. The maximum atomic E-state index is 6.32. The molecule has 0 amide bonds. The first-order valence-corrected chi connectivity index (χ1v) is 10.9. The fourth-order valence-electron chi connectivity index (χ4n) is 4.11. The van der Waals surface area contributed by atoms with E-state index in [2.05, 4.69) is 72.8 Å². The van der Waals surface area contributed by atoms with Crippen molar-refractivity contribution in [2.75, 3.05) is 26.4 Å². The first-order chi connectivity index (χ1) is 15.3. The maximum absolute atomic E-state index is 6.32. The molecule has 2 unspecified atom stereocenters. The standard InChI is InChI=1S/C27H24O4/c1-3-7-23-18(5-1)11-12-26(30-16-21-14-28-21)25(23)13-20-10-9-19-6-2-4-8-24(19)27(20)31-17-22-15-29-22/h1-12,21-22H,13-17H2. The zero-order chi connectivity index (χ0) is 20.6. The molecule has 2 atom stereocenters. The highest BCUT2D eigenvalue weighted by atomic mass is 16.6. The van der Waals surface area contributed by atoms with Gasteiger partial charge in [-0.15, -0.1) is 0 Å². The molecule has 2 fully saturated rings. The predicted octanol–water partition coefficient (Wildman–Crippen LogP) is 5.14. The Bertz CT molecular complexity index is 1240. The maximum Gasteiger partial charge on any atom is 0.130 e. The Labute approximate surface area is 181 Å². The minimum atomic E-state index is 0.210. The fourth-order valence-corrected chi connectivity index (χ4v) is 4.11. The Balaban J connectivity index is 1.43. The molecule has 0 spiro atoms. The monoisotopic (exact) mass is 412 g/mol. The third-order valence-electron chi connectivity index (χ3n) is 5.97. The molecule has 156 valence electrons. The second-order valence-corrected chi connectivity index (χ2v) is 8.25. The van der Waals surface area contributed by atoms with Gasteiger partial charge in [-0.25, -0.2) is 0 Å². The molecule has 4 heteroatoms. The van der Waals surface area contributed by atoms with Gasteiger partial charge in [0.15, 0.2) is 0 Å². The van der Waals surface area contributed by atoms with Crippen molar-refractivity contribution in [1.82, 2.24) is 0 Å². The quantitative estimate of drug-likeness (QED) is 0.376. The van der Waals surface area contributed by atoms with Crippen LogP contribution in [0.25, 0.3) is 21.5 Å². The van der Waals surface area contributed by atoms with Gasteiger partial charge in [0, 0.05) is 17.4 Å². The van der Waals surface area contributed by atoms with Crippen molar-refractivity contribution in [3.8, 4) is 11.5 Å². The largest absolute Gasteiger partial charge is 0.490 e. The molecule has 2 aliphatic rings. The van der Waals surface area contributed by atoms with Gasteiger partial charge >= 0.3 is 0 Å². The third kappa shape index (κ3) is 3.97. The molecule has 0 N–H and O–H groups in total. The Hall–Kier alpha value is -3.08. The molecule has 6 rings (SSSR count). The van der Waals surface area contributed by atoms with Crippen LogP contribution in [0.5, 0.6) is 11.5 Å². The van der Waals surface area contributed by atoms with Crippen LogP contribution in [0.1, 0.15) is 11.1 Å². The van der Waals surface area contributed by atoms with E-state index < -0.39 is 0 Å². The van der Waals surface area contributed by atoms with Crippen molar-refractivity contribution in [3.63, 3.8) is 0 Å². The van der Waals surface area contributed by atoms with Crippen LogP contribution in [0.3, 0.4) is 0 Å². The number of rotatable bonds is 8. The molecule has 2 aliphatic heterocycles. The smallest absolute Gasteiger partial charge is 0.130 e. The van der Waals surface area contributed by atoms with Crippen LogP contribution in [0, 0.1) is 0 Å². The summed E-state index contributed by atoms with van der Waals surface area (Å²) in [5.74, 6) is 1.86. The summed E-state index contributed by atoms with van der Waals surface area (Å²) in [6.07, 6.45) is 1.16. The Morgan fingerprint density at radius 1 is 0.677 bits per heavy atom. The van der Waals surface area contributed by atoms with E-state index in [4.69, 9.17) is 18.9 Å². The van der Waals surface area contributed by atoms with E-state index in [0.717, 1.165) is 42.1 Å².